The molecule has 0 bridgehead atoms. The molecule has 0 heterocycles. The molecule has 0 fully saturated rings. The first-order valence-electron chi connectivity index (χ1n) is 9.55. The van der Waals surface area contributed by atoms with Crippen LogP contribution in [0.15, 0.2) is 91.0 Å². The van der Waals surface area contributed by atoms with Gasteiger partial charge in [-0.3, -0.25) is 4.79 Å². The summed E-state index contributed by atoms with van der Waals surface area (Å²) in [4.78, 5) is 12.6. The van der Waals surface area contributed by atoms with Crippen molar-refractivity contribution < 1.29 is 9.90 Å². The molecule has 0 spiro atoms. The maximum Gasteiger partial charge on any atom is 0.251 e. The summed E-state index contributed by atoms with van der Waals surface area (Å²) in [5.74, 6) is -0.177. The van der Waals surface area contributed by atoms with Crippen molar-refractivity contribution in [2.75, 3.05) is 6.54 Å². The lowest BCUT2D eigenvalue weighted by Crippen LogP contribution is -2.48. The van der Waals surface area contributed by atoms with Crippen LogP contribution in [0.1, 0.15) is 21.5 Å². The van der Waals surface area contributed by atoms with Gasteiger partial charge in [0.05, 0.1) is 12.1 Å². The van der Waals surface area contributed by atoms with E-state index in [1.165, 1.54) is 0 Å². The zero-order chi connectivity index (χ0) is 19.6. The van der Waals surface area contributed by atoms with Crippen LogP contribution in [0.2, 0.25) is 0 Å². The second-order valence-corrected chi connectivity index (χ2v) is 6.82. The highest BCUT2D eigenvalue weighted by molar-refractivity contribution is 5.94. The number of hydrogen-bond acceptors (Lipinski definition) is 3. The summed E-state index contributed by atoms with van der Waals surface area (Å²) < 4.78 is 0. The van der Waals surface area contributed by atoms with Crippen molar-refractivity contribution in [1.82, 2.24) is 10.6 Å². The van der Waals surface area contributed by atoms with Gasteiger partial charge in [0.1, 0.15) is 0 Å². The lowest BCUT2D eigenvalue weighted by atomic mass is 10.0. The molecule has 0 radical (unpaired) electrons. The molecule has 0 aliphatic heterocycles. The number of aliphatic hydroxyl groups is 1. The molecule has 3 aromatic carbocycles. The first-order valence-corrected chi connectivity index (χ1v) is 9.55. The molecular weight excluding hydrogens is 348 g/mol. The van der Waals surface area contributed by atoms with Crippen molar-refractivity contribution >= 4 is 5.91 Å². The summed E-state index contributed by atoms with van der Waals surface area (Å²) in [5, 5.41) is 17.0. The normalized spacial score (nSPS) is 12.9. The molecule has 3 N–H and O–H groups in total. The van der Waals surface area contributed by atoms with Gasteiger partial charge in [0.15, 0.2) is 0 Å². The lowest BCUT2D eigenvalue weighted by Gasteiger charge is -2.25. The van der Waals surface area contributed by atoms with E-state index in [1.807, 2.05) is 78.9 Å². The Labute approximate surface area is 166 Å². The minimum atomic E-state index is -0.711. The van der Waals surface area contributed by atoms with Crippen LogP contribution in [-0.4, -0.2) is 29.7 Å². The zero-order valence-corrected chi connectivity index (χ0v) is 15.8. The molecule has 0 aliphatic carbocycles. The molecular formula is C24H26N2O2. The van der Waals surface area contributed by atoms with Crippen LogP contribution in [-0.2, 0) is 13.0 Å². The molecule has 1 amide bonds. The molecule has 28 heavy (non-hydrogen) atoms. The summed E-state index contributed by atoms with van der Waals surface area (Å²) in [6.45, 7) is 1.06. The molecule has 4 heteroatoms. The quantitative estimate of drug-likeness (QED) is 0.539. The van der Waals surface area contributed by atoms with Crippen molar-refractivity contribution in [3.8, 4) is 0 Å². The highest BCUT2D eigenvalue weighted by Crippen LogP contribution is 2.09. The van der Waals surface area contributed by atoms with Gasteiger partial charge in [-0.05, 0) is 29.7 Å². The van der Waals surface area contributed by atoms with E-state index in [0.717, 1.165) is 11.1 Å². The molecule has 144 valence electrons. The summed E-state index contributed by atoms with van der Waals surface area (Å²) in [7, 11) is 0. The Morgan fingerprint density at radius 1 is 0.786 bits per heavy atom. The Kier molecular flexibility index (Phi) is 7.36. The lowest BCUT2D eigenvalue weighted by molar-refractivity contribution is 0.0830. The number of amides is 1. The number of nitrogens with one attached hydrogen (secondary N) is 2. The fourth-order valence-corrected chi connectivity index (χ4v) is 3.10. The molecule has 4 nitrogen and oxygen atoms in total. The SMILES string of the molecule is O=C(N[C@@H](Cc1ccccc1)[C@H](O)CNCc1ccccc1)c1ccccc1. The van der Waals surface area contributed by atoms with Crippen LogP contribution in [0.3, 0.4) is 0 Å². The standard InChI is InChI=1S/C24H26N2O2/c27-23(18-25-17-20-12-6-2-7-13-20)22(16-19-10-4-1-5-11-19)26-24(28)21-14-8-3-9-15-21/h1-15,22-23,25,27H,16-18H2,(H,26,28)/t22-,23+/m0/s1. The Morgan fingerprint density at radius 2 is 1.32 bits per heavy atom. The van der Waals surface area contributed by atoms with Gasteiger partial charge in [0, 0.05) is 18.7 Å². The van der Waals surface area contributed by atoms with E-state index in [-0.39, 0.29) is 5.91 Å². The van der Waals surface area contributed by atoms with Gasteiger partial charge in [0.2, 0.25) is 0 Å². The first kappa shape index (κ1) is 19.8. The molecule has 2 atom stereocenters. The second-order valence-electron chi connectivity index (χ2n) is 6.82. The second kappa shape index (κ2) is 10.4. The summed E-state index contributed by atoms with van der Waals surface area (Å²) in [5.41, 5.74) is 2.82. The largest absolute Gasteiger partial charge is 0.390 e. The molecule has 0 aromatic heterocycles. The van der Waals surface area contributed by atoms with Gasteiger partial charge in [-0.1, -0.05) is 78.9 Å². The van der Waals surface area contributed by atoms with Gasteiger partial charge < -0.3 is 15.7 Å². The van der Waals surface area contributed by atoms with Crippen molar-refractivity contribution in [2.24, 2.45) is 0 Å². The number of benzene rings is 3. The highest BCUT2D eigenvalue weighted by Gasteiger charge is 2.22. The maximum absolute atomic E-state index is 12.6. The summed E-state index contributed by atoms with van der Waals surface area (Å²) in [6.07, 6.45) is -0.148. The predicted molar refractivity (Wildman–Crippen MR) is 112 cm³/mol. The van der Waals surface area contributed by atoms with Crippen LogP contribution in [0, 0.1) is 0 Å². The van der Waals surface area contributed by atoms with Crippen molar-refractivity contribution in [1.29, 1.82) is 0 Å². The topological polar surface area (TPSA) is 61.4 Å². The van der Waals surface area contributed by atoms with Crippen molar-refractivity contribution in [2.45, 2.75) is 25.1 Å². The number of hydrogen-bond donors (Lipinski definition) is 3. The molecule has 0 aliphatic rings. The monoisotopic (exact) mass is 374 g/mol. The summed E-state index contributed by atoms with van der Waals surface area (Å²) >= 11 is 0. The number of aliphatic hydroxyl groups excluding tert-OH is 1. The van der Waals surface area contributed by atoms with Gasteiger partial charge in [-0.2, -0.15) is 0 Å². The summed E-state index contributed by atoms with van der Waals surface area (Å²) in [6, 6.07) is 28.6. The number of carbonyl (C=O) groups is 1. The third-order valence-electron chi connectivity index (χ3n) is 4.64. The number of rotatable bonds is 9. The van der Waals surface area contributed by atoms with Crippen molar-refractivity contribution in [3.63, 3.8) is 0 Å². The van der Waals surface area contributed by atoms with E-state index in [9.17, 15) is 9.90 Å². The first-order chi connectivity index (χ1) is 13.7. The fraction of sp³-hybridized carbons (Fsp3) is 0.208. The average molecular weight is 374 g/mol. The minimum Gasteiger partial charge on any atom is -0.390 e. The Balaban J connectivity index is 1.63. The van der Waals surface area contributed by atoms with Gasteiger partial charge >= 0.3 is 0 Å². The van der Waals surface area contributed by atoms with Gasteiger partial charge in [-0.25, -0.2) is 0 Å². The van der Waals surface area contributed by atoms with Crippen LogP contribution in [0.5, 0.6) is 0 Å². The third kappa shape index (κ3) is 6.05. The fourth-order valence-electron chi connectivity index (χ4n) is 3.10. The third-order valence-corrected chi connectivity index (χ3v) is 4.64. The minimum absolute atomic E-state index is 0.177. The molecule has 3 rings (SSSR count). The van der Waals surface area contributed by atoms with Crippen LogP contribution in [0.25, 0.3) is 0 Å². The molecule has 0 saturated carbocycles. The zero-order valence-electron chi connectivity index (χ0n) is 15.8. The van der Waals surface area contributed by atoms with Gasteiger partial charge in [-0.15, -0.1) is 0 Å². The van der Waals surface area contributed by atoms with E-state index in [0.29, 0.717) is 25.1 Å². The maximum atomic E-state index is 12.6. The number of carbonyl (C=O) groups excluding carboxylic acids is 1. The van der Waals surface area contributed by atoms with E-state index in [1.54, 1.807) is 12.1 Å². The molecule has 3 aromatic rings. The van der Waals surface area contributed by atoms with Crippen LogP contribution in [0.4, 0.5) is 0 Å². The Hall–Kier alpha value is -2.95. The van der Waals surface area contributed by atoms with Crippen LogP contribution >= 0.6 is 0 Å². The van der Waals surface area contributed by atoms with Crippen molar-refractivity contribution in [3.05, 3.63) is 108 Å². The van der Waals surface area contributed by atoms with Crippen LogP contribution < -0.4 is 10.6 Å². The Bertz CT molecular complexity index is 838. The van der Waals surface area contributed by atoms with E-state index < -0.39 is 12.1 Å². The molecule has 0 unspecified atom stereocenters. The predicted octanol–water partition coefficient (Wildman–Crippen LogP) is 3.18. The average Bonchev–Trinajstić information content (AvgIpc) is 2.75. The Morgan fingerprint density at radius 3 is 1.93 bits per heavy atom. The van der Waals surface area contributed by atoms with Gasteiger partial charge in [0.25, 0.3) is 5.91 Å². The highest BCUT2D eigenvalue weighted by atomic mass is 16.3. The van der Waals surface area contributed by atoms with E-state index >= 15 is 0 Å². The van der Waals surface area contributed by atoms with E-state index in [2.05, 4.69) is 10.6 Å². The molecule has 0 saturated heterocycles. The van der Waals surface area contributed by atoms with E-state index in [4.69, 9.17) is 0 Å². The smallest absolute Gasteiger partial charge is 0.251 e.